The van der Waals surface area contributed by atoms with E-state index in [9.17, 15) is 17.6 Å². The van der Waals surface area contributed by atoms with Crippen molar-refractivity contribution in [3.05, 3.63) is 29.6 Å². The van der Waals surface area contributed by atoms with Crippen molar-refractivity contribution in [1.29, 1.82) is 0 Å². The zero-order valence-electron chi connectivity index (χ0n) is 13.1. The average Bonchev–Trinajstić information content (AvgIpc) is 2.45. The Labute approximate surface area is 130 Å². The first-order chi connectivity index (χ1) is 10.1. The number of nitrogens with zero attached hydrogens (tertiary/aromatic N) is 1. The van der Waals surface area contributed by atoms with Gasteiger partial charge in [-0.1, -0.05) is 19.9 Å². The maximum atomic E-state index is 13.9. The molecule has 0 atom stereocenters. The quantitative estimate of drug-likeness (QED) is 0.791. The highest BCUT2D eigenvalue weighted by Gasteiger charge is 2.32. The number of methoxy groups -OCH3 is 1. The van der Waals surface area contributed by atoms with Gasteiger partial charge in [0.25, 0.3) is 0 Å². The van der Waals surface area contributed by atoms with Gasteiger partial charge in [-0.05, 0) is 24.1 Å². The van der Waals surface area contributed by atoms with E-state index in [0.717, 1.165) is 17.5 Å². The summed E-state index contributed by atoms with van der Waals surface area (Å²) in [6, 6.07) is 3.42. The van der Waals surface area contributed by atoms with Crippen LogP contribution in [0, 0.1) is 11.2 Å². The number of rotatable bonds is 6. The Hall–Kier alpha value is -1.51. The average molecular weight is 332 g/mol. The number of sulfonamides is 1. The first-order valence-electron chi connectivity index (χ1n) is 6.60. The summed E-state index contributed by atoms with van der Waals surface area (Å²) in [7, 11) is -1.63. The Kier molecular flexibility index (Phi) is 5.66. The number of ether oxygens (including phenoxy) is 1. The van der Waals surface area contributed by atoms with Crippen LogP contribution in [0.5, 0.6) is 0 Å². The Morgan fingerprint density at radius 3 is 2.50 bits per heavy atom. The molecule has 2 N–H and O–H groups in total. The number of hydrogen-bond acceptors (Lipinski definition) is 5. The highest BCUT2D eigenvalue weighted by atomic mass is 32.2. The Morgan fingerprint density at radius 2 is 2.00 bits per heavy atom. The lowest BCUT2D eigenvalue weighted by Crippen LogP contribution is -2.40. The molecule has 0 bridgehead atoms. The van der Waals surface area contributed by atoms with Gasteiger partial charge >= 0.3 is 5.97 Å². The summed E-state index contributed by atoms with van der Waals surface area (Å²) in [5.74, 6) is -1.98. The number of benzene rings is 1. The molecule has 0 unspecified atom stereocenters. The molecule has 0 spiro atoms. The van der Waals surface area contributed by atoms with Gasteiger partial charge in [-0.3, -0.25) is 0 Å². The van der Waals surface area contributed by atoms with Crippen molar-refractivity contribution in [3.8, 4) is 0 Å². The first-order valence-corrected chi connectivity index (χ1v) is 8.04. The van der Waals surface area contributed by atoms with Crippen molar-refractivity contribution in [3.63, 3.8) is 0 Å². The van der Waals surface area contributed by atoms with Gasteiger partial charge in [0.05, 0.1) is 12.0 Å². The predicted octanol–water partition coefficient (Wildman–Crippen LogP) is 1.22. The van der Waals surface area contributed by atoms with Gasteiger partial charge < -0.3 is 10.5 Å². The van der Waals surface area contributed by atoms with E-state index < -0.39 is 37.7 Å². The molecule has 0 fully saturated rings. The summed E-state index contributed by atoms with van der Waals surface area (Å²) in [5.41, 5.74) is 4.55. The molecule has 22 heavy (non-hydrogen) atoms. The van der Waals surface area contributed by atoms with Crippen LogP contribution in [0.15, 0.2) is 23.1 Å². The van der Waals surface area contributed by atoms with E-state index in [2.05, 4.69) is 4.74 Å². The smallest absolute Gasteiger partial charge is 0.342 e. The van der Waals surface area contributed by atoms with Crippen molar-refractivity contribution in [2.24, 2.45) is 11.1 Å². The van der Waals surface area contributed by atoms with Crippen LogP contribution in [0.4, 0.5) is 4.39 Å². The molecule has 0 aromatic heterocycles. The van der Waals surface area contributed by atoms with Crippen LogP contribution in [0.25, 0.3) is 0 Å². The minimum Gasteiger partial charge on any atom is -0.465 e. The first kappa shape index (κ1) is 18.5. The molecule has 1 aromatic rings. The van der Waals surface area contributed by atoms with Gasteiger partial charge in [0.1, 0.15) is 11.4 Å². The second-order valence-corrected chi connectivity index (χ2v) is 7.75. The molecule has 1 aromatic carbocycles. The Bertz CT molecular complexity index is 659. The third kappa shape index (κ3) is 3.82. The van der Waals surface area contributed by atoms with Crippen molar-refractivity contribution in [2.75, 3.05) is 27.2 Å². The highest BCUT2D eigenvalue weighted by Crippen LogP contribution is 2.25. The standard InChI is InChI=1S/C14H21FN2O4S/c1-14(2,8-16)9-17(3)22(19,20)11-7-5-6-10(15)12(11)13(18)21-4/h5-7H,8-9,16H2,1-4H3. The van der Waals surface area contributed by atoms with Crippen molar-refractivity contribution >= 4 is 16.0 Å². The van der Waals surface area contributed by atoms with Crippen LogP contribution >= 0.6 is 0 Å². The predicted molar refractivity (Wildman–Crippen MR) is 80.4 cm³/mol. The van der Waals surface area contributed by atoms with E-state index in [0.29, 0.717) is 0 Å². The molecule has 124 valence electrons. The number of carbonyl (C=O) groups excluding carboxylic acids is 1. The van der Waals surface area contributed by atoms with Gasteiger partial charge in [0.2, 0.25) is 10.0 Å². The molecule has 0 amide bonds. The van der Waals surface area contributed by atoms with Gasteiger partial charge in [-0.25, -0.2) is 21.9 Å². The number of hydrogen-bond donors (Lipinski definition) is 1. The fraction of sp³-hybridized carbons (Fsp3) is 0.500. The van der Waals surface area contributed by atoms with E-state index in [1.165, 1.54) is 19.2 Å². The van der Waals surface area contributed by atoms with Crippen molar-refractivity contribution < 1.29 is 22.3 Å². The lowest BCUT2D eigenvalue weighted by atomic mass is 9.94. The van der Waals surface area contributed by atoms with Crippen LogP contribution in [-0.2, 0) is 14.8 Å². The van der Waals surface area contributed by atoms with Gasteiger partial charge in [0.15, 0.2) is 0 Å². The molecule has 1 rings (SSSR count). The van der Waals surface area contributed by atoms with E-state index in [4.69, 9.17) is 5.73 Å². The summed E-state index contributed by atoms with van der Waals surface area (Å²) in [6.07, 6.45) is 0. The molecule has 0 saturated carbocycles. The molecule has 0 aliphatic rings. The molecule has 0 aliphatic heterocycles. The molecule has 0 saturated heterocycles. The highest BCUT2D eigenvalue weighted by molar-refractivity contribution is 7.89. The van der Waals surface area contributed by atoms with Crippen molar-refractivity contribution in [1.82, 2.24) is 4.31 Å². The molecular weight excluding hydrogens is 311 g/mol. The number of nitrogens with two attached hydrogens (primary N) is 1. The summed E-state index contributed by atoms with van der Waals surface area (Å²) in [4.78, 5) is 11.3. The van der Waals surface area contributed by atoms with Crippen LogP contribution in [-0.4, -0.2) is 45.9 Å². The normalized spacial score (nSPS) is 12.5. The fourth-order valence-corrected chi connectivity index (χ4v) is 3.48. The minimum atomic E-state index is -4.05. The summed E-state index contributed by atoms with van der Waals surface area (Å²) in [5, 5.41) is 0. The fourth-order valence-electron chi connectivity index (χ4n) is 1.94. The van der Waals surface area contributed by atoms with E-state index >= 15 is 0 Å². The number of esters is 1. The van der Waals surface area contributed by atoms with Crippen LogP contribution in [0.2, 0.25) is 0 Å². The Morgan fingerprint density at radius 1 is 1.41 bits per heavy atom. The summed E-state index contributed by atoms with van der Waals surface area (Å²) < 4.78 is 44.7. The zero-order chi connectivity index (χ0) is 17.1. The SMILES string of the molecule is COC(=O)c1c(F)cccc1S(=O)(=O)N(C)CC(C)(C)CN. The third-order valence-corrected chi connectivity index (χ3v) is 5.10. The monoisotopic (exact) mass is 332 g/mol. The van der Waals surface area contributed by atoms with Crippen LogP contribution < -0.4 is 5.73 Å². The van der Waals surface area contributed by atoms with E-state index in [-0.39, 0.29) is 13.1 Å². The Balaban J connectivity index is 3.35. The molecule has 8 heteroatoms. The van der Waals surface area contributed by atoms with E-state index in [1.54, 1.807) is 0 Å². The number of carbonyl (C=O) groups is 1. The lowest BCUT2D eigenvalue weighted by molar-refractivity contribution is 0.0590. The second-order valence-electron chi connectivity index (χ2n) is 5.73. The van der Waals surface area contributed by atoms with Gasteiger partial charge in [0, 0.05) is 13.6 Å². The summed E-state index contributed by atoms with van der Waals surface area (Å²) in [6.45, 7) is 4.03. The largest absolute Gasteiger partial charge is 0.465 e. The summed E-state index contributed by atoms with van der Waals surface area (Å²) >= 11 is 0. The minimum absolute atomic E-state index is 0.128. The molecule has 0 aliphatic carbocycles. The van der Waals surface area contributed by atoms with Gasteiger partial charge in [-0.2, -0.15) is 0 Å². The lowest BCUT2D eigenvalue weighted by Gasteiger charge is -2.28. The van der Waals surface area contributed by atoms with Gasteiger partial charge in [-0.15, -0.1) is 0 Å². The van der Waals surface area contributed by atoms with Crippen molar-refractivity contribution in [2.45, 2.75) is 18.7 Å². The van der Waals surface area contributed by atoms with E-state index in [1.807, 2.05) is 13.8 Å². The third-order valence-electron chi connectivity index (χ3n) is 3.26. The van der Waals surface area contributed by atoms with Crippen LogP contribution in [0.3, 0.4) is 0 Å². The molecule has 6 nitrogen and oxygen atoms in total. The second kappa shape index (κ2) is 6.72. The zero-order valence-corrected chi connectivity index (χ0v) is 13.9. The topological polar surface area (TPSA) is 89.7 Å². The van der Waals surface area contributed by atoms with Crippen LogP contribution in [0.1, 0.15) is 24.2 Å². The molecular formula is C14H21FN2O4S. The number of halogens is 1. The maximum Gasteiger partial charge on any atom is 0.342 e. The molecule has 0 radical (unpaired) electrons. The maximum absolute atomic E-state index is 13.9. The molecule has 0 heterocycles.